The number of amides is 1. The fourth-order valence-corrected chi connectivity index (χ4v) is 5.06. The van der Waals surface area contributed by atoms with Gasteiger partial charge in [0.25, 0.3) is 0 Å². The van der Waals surface area contributed by atoms with Crippen molar-refractivity contribution in [2.24, 2.45) is 0 Å². The summed E-state index contributed by atoms with van der Waals surface area (Å²) in [7, 11) is -2.28. The van der Waals surface area contributed by atoms with Gasteiger partial charge in [-0.2, -0.15) is 0 Å². The summed E-state index contributed by atoms with van der Waals surface area (Å²) in [5.74, 6) is -0.725. The first-order valence-corrected chi connectivity index (χ1v) is 11.6. The molecule has 1 aromatic heterocycles. The van der Waals surface area contributed by atoms with Crippen molar-refractivity contribution in [1.82, 2.24) is 9.29 Å². The van der Waals surface area contributed by atoms with Gasteiger partial charge in [-0.3, -0.25) is 4.79 Å². The van der Waals surface area contributed by atoms with E-state index in [1.54, 1.807) is 0 Å². The van der Waals surface area contributed by atoms with Crippen LogP contribution in [-0.4, -0.2) is 37.2 Å². The van der Waals surface area contributed by atoms with Crippen molar-refractivity contribution in [2.45, 2.75) is 24.7 Å². The summed E-state index contributed by atoms with van der Waals surface area (Å²) in [5.41, 5.74) is 1.88. The maximum Gasteiger partial charge on any atom is 0.242 e. The number of nitrogens with one attached hydrogen (secondary N) is 1. The van der Waals surface area contributed by atoms with E-state index < -0.39 is 15.8 Å². The van der Waals surface area contributed by atoms with E-state index in [0.717, 1.165) is 32.6 Å². The number of rotatable bonds is 8. The van der Waals surface area contributed by atoms with E-state index in [4.69, 9.17) is 0 Å². The summed E-state index contributed by atoms with van der Waals surface area (Å²) in [6.45, 7) is 2.06. The van der Waals surface area contributed by atoms with Gasteiger partial charge in [-0.05, 0) is 43.2 Å². The molecule has 1 amide bonds. The van der Waals surface area contributed by atoms with Gasteiger partial charge in [0.05, 0.1) is 15.5 Å². The number of halogens is 1. The number of aromatic nitrogens is 1. The Morgan fingerprint density at radius 3 is 2.47 bits per heavy atom. The third-order valence-corrected chi connectivity index (χ3v) is 7.47. The minimum absolute atomic E-state index is 0.0163. The molecule has 9 heteroatoms. The Morgan fingerprint density at radius 1 is 1.13 bits per heavy atom. The molecule has 0 fully saturated rings. The number of benzene rings is 2. The van der Waals surface area contributed by atoms with Gasteiger partial charge in [0, 0.05) is 20.0 Å². The fraction of sp³-hybridized carbons (Fsp3) is 0.238. The van der Waals surface area contributed by atoms with Crippen LogP contribution in [-0.2, 0) is 14.8 Å². The minimum Gasteiger partial charge on any atom is -0.302 e. The Hall–Kier alpha value is -2.62. The summed E-state index contributed by atoms with van der Waals surface area (Å²) in [6, 6.07) is 14.5. The van der Waals surface area contributed by atoms with Crippen molar-refractivity contribution in [3.05, 3.63) is 66.1 Å². The SMILES string of the molecule is Cc1nc(NC(=O)CCCN(C)S(=O)(=O)c2ccc(F)cc2)sc1-c1ccccc1. The average Bonchev–Trinajstić information content (AvgIpc) is 3.08. The number of thiazole rings is 1. The second-order valence-electron chi connectivity index (χ2n) is 6.73. The first kappa shape index (κ1) is 22.1. The molecule has 158 valence electrons. The second kappa shape index (κ2) is 9.46. The van der Waals surface area contributed by atoms with Crippen LogP contribution in [0.3, 0.4) is 0 Å². The summed E-state index contributed by atoms with van der Waals surface area (Å²) in [4.78, 5) is 17.7. The van der Waals surface area contributed by atoms with Crippen molar-refractivity contribution in [3.63, 3.8) is 0 Å². The number of sulfonamides is 1. The van der Waals surface area contributed by atoms with Crippen molar-refractivity contribution < 1.29 is 17.6 Å². The molecule has 3 aromatic rings. The summed E-state index contributed by atoms with van der Waals surface area (Å²) < 4.78 is 39.1. The molecule has 2 aromatic carbocycles. The molecule has 0 radical (unpaired) electrons. The highest BCUT2D eigenvalue weighted by Crippen LogP contribution is 2.32. The molecule has 1 heterocycles. The monoisotopic (exact) mass is 447 g/mol. The smallest absolute Gasteiger partial charge is 0.242 e. The first-order valence-electron chi connectivity index (χ1n) is 9.32. The molecule has 6 nitrogen and oxygen atoms in total. The molecule has 30 heavy (non-hydrogen) atoms. The van der Waals surface area contributed by atoms with Crippen LogP contribution < -0.4 is 5.32 Å². The minimum atomic E-state index is -3.72. The molecule has 0 saturated carbocycles. The number of carbonyl (C=O) groups excluding carboxylic acids is 1. The van der Waals surface area contributed by atoms with Crippen LogP contribution in [0.5, 0.6) is 0 Å². The Bertz CT molecular complexity index is 1110. The van der Waals surface area contributed by atoms with E-state index in [9.17, 15) is 17.6 Å². The largest absolute Gasteiger partial charge is 0.302 e. The van der Waals surface area contributed by atoms with Gasteiger partial charge >= 0.3 is 0 Å². The topological polar surface area (TPSA) is 79.4 Å². The molecule has 0 saturated heterocycles. The van der Waals surface area contributed by atoms with E-state index in [1.807, 2.05) is 37.3 Å². The zero-order valence-corrected chi connectivity index (χ0v) is 18.3. The highest BCUT2D eigenvalue weighted by molar-refractivity contribution is 7.89. The predicted molar refractivity (Wildman–Crippen MR) is 116 cm³/mol. The molecule has 0 aliphatic carbocycles. The van der Waals surface area contributed by atoms with Gasteiger partial charge in [-0.25, -0.2) is 22.1 Å². The van der Waals surface area contributed by atoms with Crippen LogP contribution in [0.2, 0.25) is 0 Å². The van der Waals surface area contributed by atoms with Crippen LogP contribution in [0.15, 0.2) is 59.5 Å². The Morgan fingerprint density at radius 2 is 1.80 bits per heavy atom. The van der Waals surface area contributed by atoms with Crippen LogP contribution in [0, 0.1) is 12.7 Å². The predicted octanol–water partition coefficient (Wildman–Crippen LogP) is 4.30. The summed E-state index contributed by atoms with van der Waals surface area (Å²) in [6.07, 6.45) is 0.501. The zero-order valence-electron chi connectivity index (χ0n) is 16.6. The average molecular weight is 448 g/mol. The van der Waals surface area contributed by atoms with Crippen molar-refractivity contribution in [2.75, 3.05) is 18.9 Å². The number of aryl methyl sites for hydroxylation is 1. The Balaban J connectivity index is 1.53. The highest BCUT2D eigenvalue weighted by Gasteiger charge is 2.20. The lowest BCUT2D eigenvalue weighted by Gasteiger charge is -2.16. The molecule has 0 aliphatic heterocycles. The molecular weight excluding hydrogens is 425 g/mol. The lowest BCUT2D eigenvalue weighted by Crippen LogP contribution is -2.28. The van der Waals surface area contributed by atoms with Crippen LogP contribution in [0.4, 0.5) is 9.52 Å². The molecule has 0 bridgehead atoms. The van der Waals surface area contributed by atoms with E-state index in [2.05, 4.69) is 10.3 Å². The lowest BCUT2D eigenvalue weighted by atomic mass is 10.2. The standard InChI is InChI=1S/C21H22FN3O3S2/c1-15-20(16-7-4-3-5-8-16)29-21(23-15)24-19(26)9-6-14-25(2)30(27,28)18-12-10-17(22)11-13-18/h3-5,7-8,10-13H,6,9,14H2,1-2H3,(H,23,24,26). The zero-order chi connectivity index (χ0) is 21.7. The number of nitrogens with zero attached hydrogens (tertiary/aromatic N) is 2. The summed E-state index contributed by atoms with van der Waals surface area (Å²) in [5, 5.41) is 3.30. The van der Waals surface area contributed by atoms with Crippen molar-refractivity contribution >= 4 is 32.4 Å². The van der Waals surface area contributed by atoms with Gasteiger partial charge in [0.2, 0.25) is 15.9 Å². The number of anilines is 1. The van der Waals surface area contributed by atoms with Crippen LogP contribution in [0.1, 0.15) is 18.5 Å². The second-order valence-corrected chi connectivity index (χ2v) is 9.78. The molecule has 3 rings (SSSR count). The van der Waals surface area contributed by atoms with E-state index in [-0.39, 0.29) is 23.8 Å². The van der Waals surface area contributed by atoms with Gasteiger partial charge in [-0.15, -0.1) is 0 Å². The third-order valence-electron chi connectivity index (χ3n) is 4.48. The van der Waals surface area contributed by atoms with Gasteiger partial charge in [0.15, 0.2) is 5.13 Å². The van der Waals surface area contributed by atoms with E-state index in [0.29, 0.717) is 11.6 Å². The highest BCUT2D eigenvalue weighted by atomic mass is 32.2. The number of hydrogen-bond acceptors (Lipinski definition) is 5. The molecule has 0 spiro atoms. The molecular formula is C21H22FN3O3S2. The fourth-order valence-electron chi connectivity index (χ4n) is 2.86. The van der Waals surface area contributed by atoms with Crippen LogP contribution in [0.25, 0.3) is 10.4 Å². The summed E-state index contributed by atoms with van der Waals surface area (Å²) >= 11 is 1.40. The number of hydrogen-bond donors (Lipinski definition) is 1. The maximum atomic E-state index is 13.0. The molecule has 0 unspecified atom stereocenters. The van der Waals surface area contributed by atoms with Crippen LogP contribution >= 0.6 is 11.3 Å². The third kappa shape index (κ3) is 5.29. The van der Waals surface area contributed by atoms with Gasteiger partial charge < -0.3 is 5.32 Å². The molecule has 0 aliphatic rings. The van der Waals surface area contributed by atoms with E-state index in [1.165, 1.54) is 30.5 Å². The molecule has 0 atom stereocenters. The first-order chi connectivity index (χ1) is 14.3. The van der Waals surface area contributed by atoms with Gasteiger partial charge in [-0.1, -0.05) is 41.7 Å². The van der Waals surface area contributed by atoms with E-state index >= 15 is 0 Å². The Kier molecular flexibility index (Phi) is 6.96. The van der Waals surface area contributed by atoms with Crippen molar-refractivity contribution in [1.29, 1.82) is 0 Å². The molecule has 1 N–H and O–H groups in total. The maximum absolute atomic E-state index is 13.0. The van der Waals surface area contributed by atoms with Crippen molar-refractivity contribution in [3.8, 4) is 10.4 Å². The number of carbonyl (C=O) groups is 1. The quantitative estimate of drug-likeness (QED) is 0.558. The Labute approximate surface area is 179 Å². The van der Waals surface area contributed by atoms with Gasteiger partial charge in [0.1, 0.15) is 5.82 Å². The normalized spacial score (nSPS) is 11.6. The lowest BCUT2D eigenvalue weighted by molar-refractivity contribution is -0.116.